The van der Waals surface area contributed by atoms with Crippen LogP contribution in [-0.4, -0.2) is 60.0 Å². The average Bonchev–Trinajstić information content (AvgIpc) is 3.20. The second-order valence-electron chi connectivity index (χ2n) is 8.96. The minimum Gasteiger partial charge on any atom is -0.354 e. The number of amides is 1. The van der Waals surface area contributed by atoms with Gasteiger partial charge >= 0.3 is 0 Å². The molecule has 1 unspecified atom stereocenters. The highest BCUT2D eigenvalue weighted by molar-refractivity contribution is 8.04. The molecule has 2 fully saturated rings. The zero-order valence-electron chi connectivity index (χ0n) is 19.9. The Morgan fingerprint density at radius 1 is 1.00 bits per heavy atom. The number of piperazine rings is 1. The Labute approximate surface area is 220 Å². The third kappa shape index (κ3) is 5.91. The lowest BCUT2D eigenvalue weighted by molar-refractivity contribution is -0.126. The Kier molecular flexibility index (Phi) is 7.90. The number of hydrogen-bond acceptors (Lipinski definition) is 5. The van der Waals surface area contributed by atoms with Crippen LogP contribution >= 0.6 is 23.4 Å². The molecule has 1 amide bonds. The van der Waals surface area contributed by atoms with Crippen molar-refractivity contribution in [1.29, 1.82) is 0 Å². The van der Waals surface area contributed by atoms with Crippen LogP contribution in [0.3, 0.4) is 0 Å². The van der Waals surface area contributed by atoms with Gasteiger partial charge in [0.05, 0.1) is 4.91 Å². The first kappa shape index (κ1) is 24.8. The molecule has 0 bridgehead atoms. The van der Waals surface area contributed by atoms with Crippen LogP contribution in [0.2, 0.25) is 5.02 Å². The van der Waals surface area contributed by atoms with Crippen molar-refractivity contribution in [1.82, 2.24) is 14.8 Å². The predicted molar refractivity (Wildman–Crippen MR) is 145 cm³/mol. The normalized spacial score (nSPS) is 19.9. The van der Waals surface area contributed by atoms with Crippen molar-refractivity contribution in [3.63, 3.8) is 0 Å². The van der Waals surface area contributed by atoms with Gasteiger partial charge < -0.3 is 9.80 Å². The van der Waals surface area contributed by atoms with Crippen molar-refractivity contribution in [2.75, 3.05) is 44.2 Å². The number of rotatable bonds is 7. The summed E-state index contributed by atoms with van der Waals surface area (Å²) in [5.41, 5.74) is 1.68. The molecule has 0 spiro atoms. The summed E-state index contributed by atoms with van der Waals surface area (Å²) in [6, 6.07) is 20.0. The molecule has 1 atom stereocenters. The minimum atomic E-state index is -0.293. The molecular weight excluding hydrogens is 495 g/mol. The zero-order valence-corrected chi connectivity index (χ0v) is 21.5. The van der Waals surface area contributed by atoms with Crippen molar-refractivity contribution < 1.29 is 9.18 Å². The quantitative estimate of drug-likeness (QED) is 0.372. The molecule has 8 heteroatoms. The number of halogens is 2. The standard InChI is InChI=1S/C28H28ClFN4OS/c29-23-8-3-6-21(18-23)19-25-27(35)34(28(36-25)22-7-4-9-24(30)20-22)13-5-12-32-14-16-33(17-15-32)26-10-1-2-11-31-26/h1-4,6-11,18-20,28H,5,12-17H2/b25-19-. The van der Waals surface area contributed by atoms with Gasteiger partial charge in [-0.3, -0.25) is 9.69 Å². The van der Waals surface area contributed by atoms with Crippen LogP contribution < -0.4 is 4.90 Å². The maximum atomic E-state index is 14.0. The van der Waals surface area contributed by atoms with E-state index in [1.807, 2.05) is 65.7 Å². The highest BCUT2D eigenvalue weighted by Gasteiger charge is 2.37. The molecule has 0 aliphatic carbocycles. The summed E-state index contributed by atoms with van der Waals surface area (Å²) in [5.74, 6) is 0.710. The van der Waals surface area contributed by atoms with Crippen LogP contribution in [0.15, 0.2) is 77.8 Å². The molecular formula is C28H28ClFN4OS. The first-order valence-electron chi connectivity index (χ1n) is 12.2. The maximum absolute atomic E-state index is 14.0. The van der Waals surface area contributed by atoms with Crippen molar-refractivity contribution in [2.24, 2.45) is 0 Å². The van der Waals surface area contributed by atoms with E-state index in [-0.39, 0.29) is 17.1 Å². The van der Waals surface area contributed by atoms with E-state index in [9.17, 15) is 9.18 Å². The van der Waals surface area contributed by atoms with Crippen LogP contribution in [0.5, 0.6) is 0 Å². The van der Waals surface area contributed by atoms with Gasteiger partial charge in [-0.05, 0) is 66.6 Å². The second kappa shape index (κ2) is 11.5. The van der Waals surface area contributed by atoms with Crippen LogP contribution in [0.1, 0.15) is 22.9 Å². The van der Waals surface area contributed by atoms with E-state index in [1.165, 1.54) is 23.9 Å². The summed E-state index contributed by atoms with van der Waals surface area (Å²) in [5, 5.41) is 0.376. The first-order valence-corrected chi connectivity index (χ1v) is 13.4. The Morgan fingerprint density at radius 2 is 1.83 bits per heavy atom. The molecule has 186 valence electrons. The van der Waals surface area contributed by atoms with Gasteiger partial charge in [0.15, 0.2) is 0 Å². The number of anilines is 1. The number of nitrogens with zero attached hydrogens (tertiary/aromatic N) is 4. The summed E-state index contributed by atoms with van der Waals surface area (Å²) >= 11 is 7.61. The van der Waals surface area contributed by atoms with Crippen molar-refractivity contribution in [3.8, 4) is 0 Å². The molecule has 2 aromatic carbocycles. The summed E-state index contributed by atoms with van der Waals surface area (Å²) in [6.07, 6.45) is 4.56. The van der Waals surface area contributed by atoms with E-state index in [2.05, 4.69) is 14.8 Å². The molecule has 36 heavy (non-hydrogen) atoms. The van der Waals surface area contributed by atoms with E-state index in [4.69, 9.17) is 11.6 Å². The Hall–Kier alpha value is -2.87. The Bertz CT molecular complexity index is 1230. The third-order valence-electron chi connectivity index (χ3n) is 6.49. The molecule has 0 radical (unpaired) electrons. The number of hydrogen-bond donors (Lipinski definition) is 0. The lowest BCUT2D eigenvalue weighted by atomic mass is 10.1. The maximum Gasteiger partial charge on any atom is 0.261 e. The van der Waals surface area contributed by atoms with Gasteiger partial charge in [0.25, 0.3) is 5.91 Å². The average molecular weight is 523 g/mol. The lowest BCUT2D eigenvalue weighted by Gasteiger charge is -2.35. The molecule has 2 saturated heterocycles. The van der Waals surface area contributed by atoms with Crippen LogP contribution in [0.25, 0.3) is 6.08 Å². The molecule has 3 aromatic rings. The zero-order chi connectivity index (χ0) is 24.9. The SMILES string of the molecule is O=C1/C(=C/c2cccc(Cl)c2)SC(c2cccc(F)c2)N1CCCN1CCN(c2ccccn2)CC1. The molecule has 3 heterocycles. The molecule has 0 N–H and O–H groups in total. The van der Waals surface area contributed by atoms with Gasteiger partial charge in [0, 0.05) is 43.9 Å². The fourth-order valence-corrected chi connectivity index (χ4v) is 6.13. The highest BCUT2D eigenvalue weighted by atomic mass is 35.5. The summed E-state index contributed by atoms with van der Waals surface area (Å²) in [6.45, 7) is 5.33. The fourth-order valence-electron chi connectivity index (χ4n) is 4.66. The van der Waals surface area contributed by atoms with E-state index >= 15 is 0 Å². The highest BCUT2D eigenvalue weighted by Crippen LogP contribution is 2.46. The van der Waals surface area contributed by atoms with Crippen molar-refractivity contribution in [3.05, 3.63) is 99.8 Å². The van der Waals surface area contributed by atoms with E-state index in [1.54, 1.807) is 6.07 Å². The van der Waals surface area contributed by atoms with E-state index in [0.29, 0.717) is 16.5 Å². The van der Waals surface area contributed by atoms with E-state index < -0.39 is 0 Å². The monoisotopic (exact) mass is 522 g/mol. The number of thioether (sulfide) groups is 1. The van der Waals surface area contributed by atoms with Gasteiger partial charge in [-0.1, -0.05) is 53.7 Å². The van der Waals surface area contributed by atoms with Gasteiger partial charge in [-0.15, -0.1) is 0 Å². The largest absolute Gasteiger partial charge is 0.354 e. The number of carbonyl (C=O) groups excluding carboxylic acids is 1. The number of benzene rings is 2. The Morgan fingerprint density at radius 3 is 2.58 bits per heavy atom. The van der Waals surface area contributed by atoms with Crippen molar-refractivity contribution >= 4 is 41.2 Å². The van der Waals surface area contributed by atoms with Gasteiger partial charge in [-0.2, -0.15) is 0 Å². The summed E-state index contributed by atoms with van der Waals surface area (Å²) in [7, 11) is 0. The van der Waals surface area contributed by atoms with Crippen LogP contribution in [-0.2, 0) is 4.79 Å². The topological polar surface area (TPSA) is 39.7 Å². The summed E-state index contributed by atoms with van der Waals surface area (Å²) < 4.78 is 14.0. The van der Waals surface area contributed by atoms with E-state index in [0.717, 1.165) is 56.1 Å². The number of pyridine rings is 1. The van der Waals surface area contributed by atoms with Crippen LogP contribution in [0.4, 0.5) is 10.2 Å². The number of carbonyl (C=O) groups is 1. The van der Waals surface area contributed by atoms with Crippen LogP contribution in [0, 0.1) is 5.82 Å². The molecule has 2 aliphatic rings. The van der Waals surface area contributed by atoms with Gasteiger partial charge in [-0.25, -0.2) is 9.37 Å². The molecule has 5 rings (SSSR count). The molecule has 0 saturated carbocycles. The first-order chi connectivity index (χ1) is 17.6. The smallest absolute Gasteiger partial charge is 0.261 e. The molecule has 2 aliphatic heterocycles. The third-order valence-corrected chi connectivity index (χ3v) is 8.02. The van der Waals surface area contributed by atoms with Crippen molar-refractivity contribution in [2.45, 2.75) is 11.8 Å². The fraction of sp³-hybridized carbons (Fsp3) is 0.286. The lowest BCUT2D eigenvalue weighted by Crippen LogP contribution is -2.47. The molecule has 5 nitrogen and oxygen atoms in total. The predicted octanol–water partition coefficient (Wildman–Crippen LogP) is 5.70. The Balaban J connectivity index is 1.24. The summed E-state index contributed by atoms with van der Waals surface area (Å²) in [4.78, 5) is 25.2. The number of aromatic nitrogens is 1. The van der Waals surface area contributed by atoms with Gasteiger partial charge in [0.2, 0.25) is 0 Å². The second-order valence-corrected chi connectivity index (χ2v) is 10.5. The minimum absolute atomic E-state index is 0.0193. The molecule has 1 aromatic heterocycles. The van der Waals surface area contributed by atoms with Gasteiger partial charge in [0.1, 0.15) is 17.0 Å².